The number of hydrogen-bond donors (Lipinski definition) is 0. The summed E-state index contributed by atoms with van der Waals surface area (Å²) in [6.45, 7) is 0. The van der Waals surface area contributed by atoms with Crippen LogP contribution in [0.4, 0.5) is 0 Å². The molecule has 48 valence electrons. The maximum absolute atomic E-state index is 0. The second-order valence-corrected chi connectivity index (χ2v) is 0. The SMILES string of the molecule is B.[Co].[Cr].[Fe].[Ni].[Ta].[Zr]. The van der Waals surface area contributed by atoms with Crippen LogP contribution in [-0.4, -0.2) is 8.41 Å². The molecule has 0 aromatic rings. The zero-order valence-electron chi connectivity index (χ0n) is 2.36. The van der Waals surface area contributed by atoms with Gasteiger partial charge in [-0.15, -0.1) is 0 Å². The largest absolute Gasteiger partial charge is 0.0814 e. The summed E-state index contributed by atoms with van der Waals surface area (Å²) in [5, 5.41) is 0. The van der Waals surface area contributed by atoms with E-state index >= 15 is 0 Å². The van der Waals surface area contributed by atoms with E-state index in [1.807, 2.05) is 0 Å². The molecule has 0 saturated heterocycles. The Balaban J connectivity index is 0. The molecule has 0 aliphatic carbocycles. The smallest absolute Gasteiger partial charge is 0 e. The van der Waals surface area contributed by atoms with Crippen molar-refractivity contribution in [3.63, 3.8) is 0 Å². The van der Waals surface area contributed by atoms with Crippen LogP contribution in [0.1, 0.15) is 0 Å². The molecular weight excluding hydrogens is 508 g/mol. The molecule has 0 aliphatic rings. The van der Waals surface area contributed by atoms with Crippen LogP contribution < -0.4 is 0 Å². The molecule has 0 unspecified atom stereocenters. The van der Waals surface area contributed by atoms with Gasteiger partial charge in [0.05, 0.1) is 8.41 Å². The van der Waals surface area contributed by atoms with Crippen molar-refractivity contribution in [2.24, 2.45) is 0 Å². The van der Waals surface area contributed by atoms with Gasteiger partial charge in [-0.25, -0.2) is 0 Å². The Morgan fingerprint density at radius 3 is 1.00 bits per heavy atom. The minimum atomic E-state index is 0. The molecule has 0 bridgehead atoms. The number of rotatable bonds is 0. The first-order chi connectivity index (χ1) is 0. The molecule has 0 saturated carbocycles. The molecule has 0 amide bonds. The molecule has 0 heterocycles. The van der Waals surface area contributed by atoms with Gasteiger partial charge in [0.25, 0.3) is 0 Å². The number of hydrogen-bond acceptors (Lipinski definition) is 0. The fourth-order valence-corrected chi connectivity index (χ4v) is 0. The van der Waals surface area contributed by atoms with Crippen molar-refractivity contribution in [2.45, 2.75) is 0 Å². The van der Waals surface area contributed by atoms with Crippen LogP contribution in [0.2, 0.25) is 0 Å². The van der Waals surface area contributed by atoms with Gasteiger partial charge in [-0.05, 0) is 0 Å². The zero-order valence-corrected chi connectivity index (χ0v) is 12.4. The van der Waals surface area contributed by atoms with Crippen molar-refractivity contribution in [1.82, 2.24) is 0 Å². The molecule has 0 rings (SSSR count). The summed E-state index contributed by atoms with van der Waals surface area (Å²) in [7, 11) is 0. The maximum atomic E-state index is 0. The molecule has 2 radical (unpaired) electrons. The average Bonchev–Trinajstić information content (AvgIpc) is 0. The van der Waals surface area contributed by atoms with E-state index in [2.05, 4.69) is 0 Å². The van der Waals surface area contributed by atoms with Crippen LogP contribution in [0.5, 0.6) is 0 Å². The van der Waals surface area contributed by atoms with Gasteiger partial charge in [0, 0.05) is 116 Å². The Hall–Kier alpha value is 3.74. The van der Waals surface area contributed by atoms with Gasteiger partial charge in [0.15, 0.2) is 0 Å². The molecule has 0 aromatic carbocycles. The molecule has 0 spiro atoms. The second-order valence-electron chi connectivity index (χ2n) is 0. The van der Waals surface area contributed by atoms with Crippen LogP contribution in [0, 0.1) is 0 Å². The third kappa shape index (κ3) is 41.7. The zero-order chi connectivity index (χ0) is 0. The summed E-state index contributed by atoms with van der Waals surface area (Å²) in [4.78, 5) is 0. The van der Waals surface area contributed by atoms with Crippen molar-refractivity contribution >= 4 is 8.41 Å². The molecule has 0 fully saturated rings. The normalized spacial score (nSPS) is 0. The van der Waals surface area contributed by atoms with E-state index in [0.29, 0.717) is 0 Å². The van der Waals surface area contributed by atoms with Gasteiger partial charge in [0.2, 0.25) is 0 Å². The van der Waals surface area contributed by atoms with Gasteiger partial charge < -0.3 is 0 Å². The van der Waals surface area contributed by atoms with E-state index in [-0.39, 0.29) is 125 Å². The van der Waals surface area contributed by atoms with E-state index in [1.165, 1.54) is 0 Å². The van der Waals surface area contributed by atoms with E-state index in [1.54, 1.807) is 0 Å². The first-order valence-corrected chi connectivity index (χ1v) is 0. The van der Waals surface area contributed by atoms with Crippen molar-refractivity contribution in [3.05, 3.63) is 0 Å². The molecule has 0 aromatic heterocycles. The van der Waals surface area contributed by atoms with Crippen molar-refractivity contribution in [3.8, 4) is 0 Å². The molecular formula is H3BCoCrFeNiTaZr. The predicted octanol–water partition coefficient (Wildman–Crippen LogP) is -1.20. The van der Waals surface area contributed by atoms with Gasteiger partial charge in [-0.3, -0.25) is 0 Å². The summed E-state index contributed by atoms with van der Waals surface area (Å²) in [6, 6.07) is 0. The summed E-state index contributed by atoms with van der Waals surface area (Å²) < 4.78 is 0. The van der Waals surface area contributed by atoms with E-state index in [9.17, 15) is 0 Å². The maximum Gasteiger partial charge on any atom is 0.0814 e. The Labute approximate surface area is 122 Å². The van der Waals surface area contributed by atoms with Crippen LogP contribution in [0.25, 0.3) is 0 Å². The fourth-order valence-electron chi connectivity index (χ4n) is 0. The predicted molar refractivity (Wildman–Crippen MR) is 9.94 cm³/mol. The summed E-state index contributed by atoms with van der Waals surface area (Å²) in [6.07, 6.45) is 0. The molecule has 7 heavy (non-hydrogen) atoms. The summed E-state index contributed by atoms with van der Waals surface area (Å²) in [5.74, 6) is 0. The third-order valence-electron chi connectivity index (χ3n) is 0. The first-order valence-electron chi connectivity index (χ1n) is 0. The van der Waals surface area contributed by atoms with Gasteiger partial charge >= 0.3 is 0 Å². The Morgan fingerprint density at radius 2 is 1.00 bits per heavy atom. The summed E-state index contributed by atoms with van der Waals surface area (Å²) >= 11 is 0. The van der Waals surface area contributed by atoms with Crippen LogP contribution in [0.3, 0.4) is 0 Å². The first kappa shape index (κ1) is 72.8. The van der Waals surface area contributed by atoms with E-state index < -0.39 is 0 Å². The Kier molecular flexibility index (Phi) is 553. The topological polar surface area (TPSA) is 0 Å². The molecule has 7 heteroatoms. The van der Waals surface area contributed by atoms with Crippen LogP contribution >= 0.6 is 0 Å². The van der Waals surface area contributed by atoms with E-state index in [4.69, 9.17) is 0 Å². The van der Waals surface area contributed by atoms with Gasteiger partial charge in [-0.1, -0.05) is 0 Å². The standard InChI is InChI=1S/BH3.Co.Cr.Fe.Ni.Ta.Zr/h1H3;;;;;;. The van der Waals surface area contributed by atoms with Crippen LogP contribution in [0.15, 0.2) is 0 Å². The Morgan fingerprint density at radius 1 is 1.00 bits per heavy atom. The molecule has 0 aliphatic heterocycles. The minimum Gasteiger partial charge on any atom is 0 e. The van der Waals surface area contributed by atoms with Crippen molar-refractivity contribution in [1.29, 1.82) is 0 Å². The average molecular weight is 511 g/mol. The Bertz CT molecular complexity index is 19.7. The quantitative estimate of drug-likeness (QED) is 0.359. The third-order valence-corrected chi connectivity index (χ3v) is 0. The minimum absolute atomic E-state index is 0. The monoisotopic (exact) mass is 510 g/mol. The molecule has 0 atom stereocenters. The summed E-state index contributed by atoms with van der Waals surface area (Å²) in [5.41, 5.74) is 0. The van der Waals surface area contributed by atoms with Gasteiger partial charge in [-0.2, -0.15) is 0 Å². The van der Waals surface area contributed by atoms with E-state index in [0.717, 1.165) is 0 Å². The van der Waals surface area contributed by atoms with Crippen molar-refractivity contribution < 1.29 is 116 Å². The van der Waals surface area contributed by atoms with Crippen molar-refractivity contribution in [2.75, 3.05) is 0 Å². The molecule has 0 N–H and O–H groups in total. The van der Waals surface area contributed by atoms with Gasteiger partial charge in [0.1, 0.15) is 0 Å². The fraction of sp³-hybridized carbons (Fsp3) is 0. The molecule has 0 nitrogen and oxygen atoms in total. The van der Waals surface area contributed by atoms with Crippen LogP contribution in [-0.2, 0) is 116 Å². The second kappa shape index (κ2) is 53.2.